The van der Waals surface area contributed by atoms with Crippen LogP contribution in [0.1, 0.15) is 29.0 Å². The monoisotopic (exact) mass is 212 g/mol. The number of carbonyl (C=O) groups is 1. The van der Waals surface area contributed by atoms with E-state index in [4.69, 9.17) is 0 Å². The van der Waals surface area contributed by atoms with E-state index in [1.165, 1.54) is 0 Å². The van der Waals surface area contributed by atoms with E-state index in [0.717, 1.165) is 16.9 Å². The summed E-state index contributed by atoms with van der Waals surface area (Å²) in [4.78, 5) is 12.3. The number of para-hydroxylation sites is 1. The molecule has 80 valence electrons. The zero-order valence-electron chi connectivity index (χ0n) is 8.97. The largest absolute Gasteiger partial charge is 0.376 e. The highest BCUT2D eigenvalue weighted by Gasteiger charge is 2.22. The van der Waals surface area contributed by atoms with E-state index in [-0.39, 0.29) is 11.9 Å². The van der Waals surface area contributed by atoms with Crippen molar-refractivity contribution in [2.24, 2.45) is 0 Å². The molecule has 0 bridgehead atoms. The minimum atomic E-state index is 0.0347. The van der Waals surface area contributed by atoms with E-state index in [1.54, 1.807) is 4.57 Å². The van der Waals surface area contributed by atoms with Crippen LogP contribution >= 0.6 is 0 Å². The van der Waals surface area contributed by atoms with Crippen molar-refractivity contribution in [1.82, 2.24) is 4.57 Å². The fourth-order valence-corrected chi connectivity index (χ4v) is 2.16. The summed E-state index contributed by atoms with van der Waals surface area (Å²) < 4.78 is 1.71. The van der Waals surface area contributed by atoms with Crippen LogP contribution in [0.4, 0.5) is 5.69 Å². The molecule has 2 aromatic rings. The number of benzene rings is 1. The van der Waals surface area contributed by atoms with Crippen LogP contribution in [0.5, 0.6) is 0 Å². The first-order valence-electron chi connectivity index (χ1n) is 5.35. The molecule has 3 nitrogen and oxygen atoms in total. The van der Waals surface area contributed by atoms with Crippen molar-refractivity contribution in [1.29, 1.82) is 0 Å². The Morgan fingerprint density at radius 2 is 2.00 bits per heavy atom. The summed E-state index contributed by atoms with van der Waals surface area (Å²) in [6.45, 7) is 2.06. The van der Waals surface area contributed by atoms with Crippen LogP contribution in [0.15, 0.2) is 42.6 Å². The number of anilines is 1. The van der Waals surface area contributed by atoms with E-state index in [0.29, 0.717) is 0 Å². The van der Waals surface area contributed by atoms with Crippen molar-refractivity contribution in [3.05, 3.63) is 53.9 Å². The summed E-state index contributed by atoms with van der Waals surface area (Å²) in [5, 5.41) is 3.35. The molecular weight excluding hydrogens is 200 g/mol. The van der Waals surface area contributed by atoms with Gasteiger partial charge in [-0.25, -0.2) is 0 Å². The second-order valence-corrected chi connectivity index (χ2v) is 4.02. The molecule has 0 spiro atoms. The predicted molar refractivity (Wildman–Crippen MR) is 62.6 cm³/mol. The maximum atomic E-state index is 12.3. The summed E-state index contributed by atoms with van der Waals surface area (Å²) in [5.41, 5.74) is 2.63. The number of carbonyl (C=O) groups excluding carboxylic acids is 1. The Hall–Kier alpha value is -2.03. The number of hydrogen-bond acceptors (Lipinski definition) is 2. The molecule has 1 atom stereocenters. The van der Waals surface area contributed by atoms with Gasteiger partial charge >= 0.3 is 0 Å². The van der Waals surface area contributed by atoms with Crippen LogP contribution < -0.4 is 5.32 Å². The van der Waals surface area contributed by atoms with Gasteiger partial charge in [-0.05, 0) is 31.2 Å². The fraction of sp³-hybridized carbons (Fsp3) is 0.154. The highest BCUT2D eigenvalue weighted by atomic mass is 16.2. The average Bonchev–Trinajstić information content (AvgIpc) is 2.74. The van der Waals surface area contributed by atoms with Crippen LogP contribution in [0, 0.1) is 0 Å². The lowest BCUT2D eigenvalue weighted by Crippen LogP contribution is -2.12. The molecular formula is C13H12N2O. The number of hydrogen-bond donors (Lipinski definition) is 1. The number of nitrogens with one attached hydrogen (secondary N) is 1. The number of rotatable bonds is 0. The highest BCUT2D eigenvalue weighted by Crippen LogP contribution is 2.27. The quantitative estimate of drug-likeness (QED) is 0.728. The summed E-state index contributed by atoms with van der Waals surface area (Å²) in [6, 6.07) is 11.6. The molecule has 0 amide bonds. The Kier molecular flexibility index (Phi) is 1.86. The van der Waals surface area contributed by atoms with E-state index >= 15 is 0 Å². The van der Waals surface area contributed by atoms with Crippen molar-refractivity contribution in [2.45, 2.75) is 13.0 Å². The van der Waals surface area contributed by atoms with Gasteiger partial charge in [-0.15, -0.1) is 0 Å². The molecule has 2 heterocycles. The zero-order chi connectivity index (χ0) is 11.1. The van der Waals surface area contributed by atoms with Crippen molar-refractivity contribution in [2.75, 3.05) is 5.32 Å². The van der Waals surface area contributed by atoms with Gasteiger partial charge in [-0.3, -0.25) is 9.36 Å². The van der Waals surface area contributed by atoms with Crippen LogP contribution in [0.25, 0.3) is 0 Å². The highest BCUT2D eigenvalue weighted by molar-refractivity contribution is 6.02. The Bertz CT molecular complexity index is 557. The molecule has 0 saturated heterocycles. The fourth-order valence-electron chi connectivity index (χ4n) is 2.16. The van der Waals surface area contributed by atoms with Gasteiger partial charge < -0.3 is 5.32 Å². The van der Waals surface area contributed by atoms with Gasteiger partial charge in [0.1, 0.15) is 0 Å². The standard InChI is InChI=1S/C13H12N2O/c1-9-12-7-4-8-15(12)13(16)10-5-2-3-6-11(10)14-9/h2-9,14H,1H3. The van der Waals surface area contributed by atoms with Gasteiger partial charge in [-0.2, -0.15) is 0 Å². The third-order valence-corrected chi connectivity index (χ3v) is 2.97. The Balaban J connectivity index is 2.25. The summed E-state index contributed by atoms with van der Waals surface area (Å²) in [6.07, 6.45) is 1.82. The lowest BCUT2D eigenvalue weighted by Gasteiger charge is -2.12. The molecule has 0 radical (unpaired) electrons. The maximum absolute atomic E-state index is 12.3. The zero-order valence-corrected chi connectivity index (χ0v) is 8.97. The number of nitrogens with zero attached hydrogens (tertiary/aromatic N) is 1. The first-order valence-corrected chi connectivity index (χ1v) is 5.35. The van der Waals surface area contributed by atoms with Gasteiger partial charge in [-0.1, -0.05) is 12.1 Å². The van der Waals surface area contributed by atoms with Gasteiger partial charge in [0, 0.05) is 17.6 Å². The molecule has 1 aliphatic heterocycles. The van der Waals surface area contributed by atoms with E-state index < -0.39 is 0 Å². The van der Waals surface area contributed by atoms with Crippen LogP contribution in [0.3, 0.4) is 0 Å². The summed E-state index contributed by atoms with van der Waals surface area (Å²) in [7, 11) is 0. The first kappa shape index (κ1) is 9.21. The number of fused-ring (bicyclic) bond motifs is 2. The van der Waals surface area contributed by atoms with Gasteiger partial charge in [0.2, 0.25) is 0 Å². The molecule has 1 aromatic carbocycles. The minimum Gasteiger partial charge on any atom is -0.376 e. The maximum Gasteiger partial charge on any atom is 0.264 e. The molecule has 0 saturated carbocycles. The van der Waals surface area contributed by atoms with Crippen molar-refractivity contribution in [3.8, 4) is 0 Å². The van der Waals surface area contributed by atoms with Crippen LogP contribution in [-0.2, 0) is 0 Å². The van der Waals surface area contributed by atoms with E-state index in [1.807, 2.05) is 42.6 Å². The minimum absolute atomic E-state index is 0.0347. The molecule has 3 rings (SSSR count). The third-order valence-electron chi connectivity index (χ3n) is 2.97. The first-order chi connectivity index (χ1) is 7.77. The van der Waals surface area contributed by atoms with Crippen molar-refractivity contribution < 1.29 is 4.79 Å². The predicted octanol–water partition coefficient (Wildman–Crippen LogP) is 2.66. The molecule has 1 aliphatic rings. The number of aromatic nitrogens is 1. The smallest absolute Gasteiger partial charge is 0.264 e. The normalized spacial score (nSPS) is 18.3. The second kappa shape index (κ2) is 3.23. The lowest BCUT2D eigenvalue weighted by molar-refractivity contribution is 0.0959. The van der Waals surface area contributed by atoms with E-state index in [9.17, 15) is 4.79 Å². The molecule has 3 heteroatoms. The van der Waals surface area contributed by atoms with Gasteiger partial charge in [0.15, 0.2) is 0 Å². The third kappa shape index (κ3) is 1.18. The Labute approximate surface area is 93.7 Å². The van der Waals surface area contributed by atoms with Gasteiger partial charge in [0.05, 0.1) is 11.6 Å². The molecule has 0 fully saturated rings. The Morgan fingerprint density at radius 1 is 1.19 bits per heavy atom. The molecule has 1 aromatic heterocycles. The van der Waals surface area contributed by atoms with Gasteiger partial charge in [0.25, 0.3) is 5.91 Å². The topological polar surface area (TPSA) is 34.0 Å². The molecule has 0 aliphatic carbocycles. The van der Waals surface area contributed by atoms with Crippen LogP contribution in [0.2, 0.25) is 0 Å². The molecule has 16 heavy (non-hydrogen) atoms. The lowest BCUT2D eigenvalue weighted by atomic mass is 10.1. The summed E-state index contributed by atoms with van der Waals surface area (Å²) >= 11 is 0. The van der Waals surface area contributed by atoms with E-state index in [2.05, 4.69) is 12.2 Å². The van der Waals surface area contributed by atoms with Crippen molar-refractivity contribution >= 4 is 11.6 Å². The van der Waals surface area contributed by atoms with Crippen LogP contribution in [-0.4, -0.2) is 10.5 Å². The van der Waals surface area contributed by atoms with Crippen molar-refractivity contribution in [3.63, 3.8) is 0 Å². The summed E-state index contributed by atoms with van der Waals surface area (Å²) in [5.74, 6) is 0.0347. The molecule has 1 unspecified atom stereocenters. The Morgan fingerprint density at radius 3 is 2.88 bits per heavy atom. The molecule has 1 N–H and O–H groups in total. The second-order valence-electron chi connectivity index (χ2n) is 4.02. The SMILES string of the molecule is CC1Nc2ccccc2C(=O)n2cccc21. The average molecular weight is 212 g/mol.